The Bertz CT molecular complexity index is 655. The summed E-state index contributed by atoms with van der Waals surface area (Å²) in [7, 11) is 0. The molecule has 6 nitrogen and oxygen atoms in total. The Morgan fingerprint density at radius 3 is 2.52 bits per heavy atom. The molecule has 0 fully saturated rings. The molecule has 0 aliphatic heterocycles. The van der Waals surface area contributed by atoms with Gasteiger partial charge in [-0.25, -0.2) is 0 Å². The number of hydrogen-bond donors (Lipinski definition) is 1. The molecule has 0 bridgehead atoms. The van der Waals surface area contributed by atoms with Gasteiger partial charge in [0.2, 0.25) is 10.9 Å². The molecule has 0 saturated carbocycles. The van der Waals surface area contributed by atoms with Gasteiger partial charge in [0.15, 0.2) is 0 Å². The van der Waals surface area contributed by atoms with E-state index >= 15 is 0 Å². The van der Waals surface area contributed by atoms with Gasteiger partial charge in [0.05, 0.1) is 6.54 Å². The molecule has 0 spiro atoms. The van der Waals surface area contributed by atoms with Crippen molar-refractivity contribution >= 4 is 22.2 Å². The lowest BCUT2D eigenvalue weighted by atomic mass is 9.92. The van der Waals surface area contributed by atoms with Crippen molar-refractivity contribution in [2.45, 2.75) is 39.9 Å². The fourth-order valence-corrected chi connectivity index (χ4v) is 2.40. The Balaban J connectivity index is 2.07. The van der Waals surface area contributed by atoms with E-state index in [9.17, 15) is 18.0 Å². The third kappa shape index (κ3) is 3.90. The number of carbonyl (C=O) groups excluding carboxylic acids is 1. The molecule has 0 saturated heterocycles. The predicted octanol–water partition coefficient (Wildman–Crippen LogP) is 2.26. The number of hydrogen-bond acceptors (Lipinski definition) is 5. The summed E-state index contributed by atoms with van der Waals surface area (Å²) in [6, 6.07) is 0. The van der Waals surface area contributed by atoms with Crippen LogP contribution in [0.1, 0.15) is 38.0 Å². The lowest BCUT2D eigenvalue weighted by molar-refractivity contribution is -0.146. The molecular weight excluding hydrogens is 307 g/mol. The van der Waals surface area contributed by atoms with Crippen LogP contribution in [0, 0.1) is 5.41 Å². The quantitative estimate of drug-likeness (QED) is 0.941. The second-order valence-electron chi connectivity index (χ2n) is 5.73. The number of amides is 1. The normalized spacial score (nSPS) is 12.9. The zero-order valence-electron chi connectivity index (χ0n) is 11.7. The average molecular weight is 321 g/mol. The number of carbonyl (C=O) groups is 1. The largest absolute Gasteiger partial charge is 0.453 e. The lowest BCUT2D eigenvalue weighted by Gasteiger charge is -2.16. The second-order valence-corrected chi connectivity index (χ2v) is 6.77. The molecule has 21 heavy (non-hydrogen) atoms. The molecule has 0 atom stereocenters. The maximum absolute atomic E-state index is 12.6. The highest BCUT2D eigenvalue weighted by Gasteiger charge is 2.38. The molecule has 2 rings (SSSR count). The minimum absolute atomic E-state index is 0.0439. The van der Waals surface area contributed by atoms with Crippen LogP contribution >= 0.6 is 11.3 Å². The van der Waals surface area contributed by atoms with E-state index in [4.69, 9.17) is 0 Å². The Kier molecular flexibility index (Phi) is 3.91. The van der Waals surface area contributed by atoms with Crippen molar-refractivity contribution in [2.75, 3.05) is 0 Å². The van der Waals surface area contributed by atoms with Crippen LogP contribution in [0.15, 0.2) is 0 Å². The molecule has 10 heteroatoms. The maximum Gasteiger partial charge on any atom is 0.453 e. The van der Waals surface area contributed by atoms with Gasteiger partial charge in [-0.2, -0.15) is 22.8 Å². The van der Waals surface area contributed by atoms with Gasteiger partial charge in [-0.1, -0.05) is 32.1 Å². The molecule has 0 aromatic carbocycles. The first-order chi connectivity index (χ1) is 9.56. The fraction of sp³-hybridized carbons (Fsp3) is 0.636. The molecule has 2 aromatic heterocycles. The van der Waals surface area contributed by atoms with E-state index in [2.05, 4.69) is 20.6 Å². The summed E-state index contributed by atoms with van der Waals surface area (Å²) in [6.07, 6.45) is -4.29. The molecule has 0 unspecified atom stereocenters. The Morgan fingerprint density at radius 2 is 1.95 bits per heavy atom. The van der Waals surface area contributed by atoms with E-state index < -0.39 is 12.0 Å². The molecule has 0 radical (unpaired) electrons. The van der Waals surface area contributed by atoms with Crippen molar-refractivity contribution in [3.8, 4) is 0 Å². The molecule has 116 valence electrons. The summed E-state index contributed by atoms with van der Waals surface area (Å²) < 4.78 is 38.5. The van der Waals surface area contributed by atoms with Crippen LogP contribution in [0.4, 0.5) is 13.2 Å². The Morgan fingerprint density at radius 1 is 1.29 bits per heavy atom. The zero-order chi connectivity index (χ0) is 15.8. The van der Waals surface area contributed by atoms with Crippen molar-refractivity contribution in [3.05, 3.63) is 10.8 Å². The third-order valence-electron chi connectivity index (χ3n) is 2.41. The van der Waals surface area contributed by atoms with E-state index in [0.717, 1.165) is 11.3 Å². The van der Waals surface area contributed by atoms with Gasteiger partial charge in [0, 0.05) is 6.42 Å². The number of fused-ring (bicyclic) bond motifs is 1. The highest BCUT2D eigenvalue weighted by molar-refractivity contribution is 7.16. The number of alkyl halides is 3. The van der Waals surface area contributed by atoms with Crippen LogP contribution < -0.4 is 5.32 Å². The Labute approximate surface area is 122 Å². The van der Waals surface area contributed by atoms with Crippen molar-refractivity contribution < 1.29 is 18.0 Å². The summed E-state index contributed by atoms with van der Waals surface area (Å²) in [5.41, 5.74) is -0.158. The van der Waals surface area contributed by atoms with Gasteiger partial charge in [-0.15, -0.1) is 10.2 Å². The van der Waals surface area contributed by atoms with Gasteiger partial charge >= 0.3 is 6.18 Å². The highest BCUT2D eigenvalue weighted by atomic mass is 32.1. The average Bonchev–Trinajstić information content (AvgIpc) is 2.80. The van der Waals surface area contributed by atoms with Gasteiger partial charge in [0.25, 0.3) is 5.82 Å². The summed E-state index contributed by atoms with van der Waals surface area (Å²) >= 11 is 0.958. The van der Waals surface area contributed by atoms with E-state index in [0.29, 0.717) is 15.9 Å². The van der Waals surface area contributed by atoms with Crippen molar-refractivity contribution in [1.29, 1.82) is 0 Å². The summed E-state index contributed by atoms with van der Waals surface area (Å²) in [5, 5.41) is 13.2. The zero-order valence-corrected chi connectivity index (χ0v) is 12.5. The van der Waals surface area contributed by atoms with Crippen molar-refractivity contribution in [3.63, 3.8) is 0 Å². The minimum atomic E-state index is -4.61. The third-order valence-corrected chi connectivity index (χ3v) is 3.31. The predicted molar refractivity (Wildman–Crippen MR) is 69.6 cm³/mol. The molecule has 0 aliphatic rings. The first-order valence-corrected chi connectivity index (χ1v) is 6.93. The Hall–Kier alpha value is -1.71. The van der Waals surface area contributed by atoms with Crippen LogP contribution in [0.25, 0.3) is 4.96 Å². The van der Waals surface area contributed by atoms with Gasteiger partial charge in [-0.3, -0.25) is 4.79 Å². The molecule has 2 heterocycles. The number of nitrogens with one attached hydrogen (secondary N) is 1. The summed E-state index contributed by atoms with van der Waals surface area (Å²) in [5.74, 6) is -1.34. The first kappa shape index (κ1) is 15.7. The van der Waals surface area contributed by atoms with E-state index in [1.807, 2.05) is 20.8 Å². The topological polar surface area (TPSA) is 72.2 Å². The molecule has 0 aliphatic carbocycles. The minimum Gasteiger partial charge on any atom is -0.349 e. The SMILES string of the molecule is CC(C)(C)CC(=O)NCc1nn2c(C(F)(F)F)nnc2s1. The molecule has 1 amide bonds. The van der Waals surface area contributed by atoms with E-state index in [-0.39, 0.29) is 22.8 Å². The van der Waals surface area contributed by atoms with Crippen molar-refractivity contribution in [1.82, 2.24) is 25.1 Å². The monoisotopic (exact) mass is 321 g/mol. The maximum atomic E-state index is 12.6. The lowest BCUT2D eigenvalue weighted by Crippen LogP contribution is -2.27. The van der Waals surface area contributed by atoms with E-state index in [1.165, 1.54) is 0 Å². The number of halogens is 3. The molecule has 2 aromatic rings. The highest BCUT2D eigenvalue weighted by Crippen LogP contribution is 2.28. The van der Waals surface area contributed by atoms with Crippen LogP contribution in [0.3, 0.4) is 0 Å². The number of rotatable bonds is 3. The fourth-order valence-electron chi connectivity index (χ4n) is 1.62. The number of aromatic nitrogens is 4. The summed E-state index contributed by atoms with van der Waals surface area (Å²) in [6.45, 7) is 5.84. The first-order valence-electron chi connectivity index (χ1n) is 6.11. The van der Waals surface area contributed by atoms with Gasteiger partial charge in [-0.05, 0) is 5.41 Å². The van der Waals surface area contributed by atoms with Crippen molar-refractivity contribution in [2.24, 2.45) is 5.41 Å². The second kappa shape index (κ2) is 5.24. The van der Waals surface area contributed by atoms with Gasteiger partial charge in [0.1, 0.15) is 5.01 Å². The number of nitrogens with zero attached hydrogens (tertiary/aromatic N) is 4. The molecular formula is C11H14F3N5OS. The van der Waals surface area contributed by atoms with Crippen LogP contribution in [-0.2, 0) is 17.5 Å². The van der Waals surface area contributed by atoms with Crippen LogP contribution in [-0.4, -0.2) is 25.7 Å². The standard InChI is InChI=1S/C11H14F3N5OS/c1-10(2,3)4-6(20)15-5-7-18-19-8(11(12,13)14)16-17-9(19)21-7/h4-5H2,1-3H3,(H,15,20). The van der Waals surface area contributed by atoms with Crippen LogP contribution in [0.2, 0.25) is 0 Å². The smallest absolute Gasteiger partial charge is 0.349 e. The van der Waals surface area contributed by atoms with Crippen LogP contribution in [0.5, 0.6) is 0 Å². The summed E-state index contributed by atoms with van der Waals surface area (Å²) in [4.78, 5) is 11.7. The van der Waals surface area contributed by atoms with E-state index in [1.54, 1.807) is 0 Å². The van der Waals surface area contributed by atoms with Gasteiger partial charge < -0.3 is 5.32 Å². The molecule has 1 N–H and O–H groups in total.